The third kappa shape index (κ3) is 9.40. The molecule has 318 valence electrons. The number of carbonyl (C=O) groups excluding carboxylic acids is 3. The van der Waals surface area contributed by atoms with Crippen molar-refractivity contribution in [2.45, 2.75) is 57.7 Å². The quantitative estimate of drug-likeness (QED) is 0.177. The van der Waals surface area contributed by atoms with Gasteiger partial charge in [0.2, 0.25) is 5.91 Å². The molecule has 0 aliphatic carbocycles. The van der Waals surface area contributed by atoms with E-state index in [1.165, 1.54) is 29.2 Å². The van der Waals surface area contributed by atoms with Gasteiger partial charge in [-0.3, -0.25) is 24.1 Å². The Morgan fingerprint density at radius 2 is 1.31 bits per heavy atom. The molecule has 3 aliphatic rings. The molecule has 4 heterocycles. The van der Waals surface area contributed by atoms with E-state index < -0.39 is 34.8 Å². The maximum Gasteiger partial charge on any atom is 0.272 e. The van der Waals surface area contributed by atoms with Crippen molar-refractivity contribution in [3.63, 3.8) is 0 Å². The van der Waals surface area contributed by atoms with E-state index in [9.17, 15) is 19.2 Å². The topological polar surface area (TPSA) is 119 Å². The van der Waals surface area contributed by atoms with Crippen LogP contribution in [0, 0.1) is 17.5 Å². The van der Waals surface area contributed by atoms with Crippen molar-refractivity contribution in [3.05, 3.63) is 135 Å². The van der Waals surface area contributed by atoms with Crippen LogP contribution >= 0.6 is 0 Å². The number of fused-ring (bicyclic) bond motifs is 1. The highest BCUT2D eigenvalue weighted by Gasteiger charge is 2.32. The molecule has 8 rings (SSSR count). The molecule has 0 saturated carbocycles. The second kappa shape index (κ2) is 18.4. The standard InChI is InChI=1S/C47H49F3N6O5/c1-2-30-6-5-7-32(24-30)33-27-40(49)44(41(50)28-33)47(60)55-18-14-35(15-19-55)61-34-12-16-53(17-13-34)29-43(57)54-20-22-56(23-21-54)46(59)38-25-31(10-11-39(38)48)26-42-36-8-3-4-9-37(36)45(58)52-51-42/h3-11,24-25,27-28,34-35H,2,12-23,26,29H2,1H3,(H,52,58). The summed E-state index contributed by atoms with van der Waals surface area (Å²) in [5, 5.41) is 7.92. The number of ether oxygens (including phenoxy) is 1. The smallest absolute Gasteiger partial charge is 0.272 e. The first kappa shape index (κ1) is 41.9. The maximum atomic E-state index is 15.2. The largest absolute Gasteiger partial charge is 0.375 e. The van der Waals surface area contributed by atoms with Gasteiger partial charge in [-0.1, -0.05) is 55.5 Å². The molecule has 3 saturated heterocycles. The van der Waals surface area contributed by atoms with Crippen LogP contribution in [-0.2, 0) is 22.4 Å². The summed E-state index contributed by atoms with van der Waals surface area (Å²) >= 11 is 0. The first-order chi connectivity index (χ1) is 29.5. The Morgan fingerprint density at radius 3 is 2.00 bits per heavy atom. The Bertz CT molecular complexity index is 2470. The van der Waals surface area contributed by atoms with Crippen molar-refractivity contribution < 1.29 is 32.3 Å². The van der Waals surface area contributed by atoms with Crippen LogP contribution in [0.2, 0.25) is 0 Å². The van der Waals surface area contributed by atoms with Crippen LogP contribution in [0.4, 0.5) is 13.2 Å². The Labute approximate surface area is 352 Å². The zero-order valence-electron chi connectivity index (χ0n) is 34.2. The fourth-order valence-electron chi connectivity index (χ4n) is 8.71. The van der Waals surface area contributed by atoms with Crippen molar-refractivity contribution in [1.29, 1.82) is 0 Å². The SMILES string of the molecule is CCc1cccc(-c2cc(F)c(C(=O)N3CCC(OC4CCN(CC(=O)N5CCN(C(=O)c6cc(Cc7n[nH]c(=O)c8ccccc78)ccc6F)CC5)CC4)CC3)c(F)c2)c1. The van der Waals surface area contributed by atoms with Crippen LogP contribution in [0.1, 0.15) is 70.1 Å². The van der Waals surface area contributed by atoms with E-state index in [1.807, 2.05) is 37.3 Å². The number of nitrogens with one attached hydrogen (secondary N) is 1. The lowest BCUT2D eigenvalue weighted by Gasteiger charge is -2.38. The predicted molar refractivity (Wildman–Crippen MR) is 225 cm³/mol. The van der Waals surface area contributed by atoms with Crippen molar-refractivity contribution in [1.82, 2.24) is 29.8 Å². The molecule has 14 heteroatoms. The van der Waals surface area contributed by atoms with Crippen molar-refractivity contribution >= 4 is 28.5 Å². The minimum atomic E-state index is -0.870. The van der Waals surface area contributed by atoms with Gasteiger partial charge in [0.05, 0.1) is 35.4 Å². The number of H-pyrrole nitrogens is 1. The number of hydrogen-bond acceptors (Lipinski definition) is 7. The second-order valence-corrected chi connectivity index (χ2v) is 16.2. The van der Waals surface area contributed by atoms with E-state index in [-0.39, 0.29) is 48.9 Å². The van der Waals surface area contributed by atoms with Crippen LogP contribution < -0.4 is 5.56 Å². The molecule has 0 spiro atoms. The third-order valence-electron chi connectivity index (χ3n) is 12.3. The Morgan fingerprint density at radius 1 is 0.672 bits per heavy atom. The van der Waals surface area contributed by atoms with Gasteiger partial charge in [-0.2, -0.15) is 5.10 Å². The van der Waals surface area contributed by atoms with Gasteiger partial charge in [0.1, 0.15) is 23.0 Å². The minimum Gasteiger partial charge on any atom is -0.375 e. The summed E-state index contributed by atoms with van der Waals surface area (Å²) in [6.45, 7) is 5.56. The van der Waals surface area contributed by atoms with Gasteiger partial charge < -0.3 is 19.4 Å². The predicted octanol–water partition coefficient (Wildman–Crippen LogP) is 6.23. The lowest BCUT2D eigenvalue weighted by atomic mass is 9.99. The molecule has 1 N–H and O–H groups in total. The Hall–Kier alpha value is -5.86. The molecule has 4 aromatic carbocycles. The molecule has 0 atom stereocenters. The summed E-state index contributed by atoms with van der Waals surface area (Å²) in [4.78, 5) is 59.2. The number of piperazine rings is 1. The van der Waals surface area contributed by atoms with Gasteiger partial charge in [0.15, 0.2) is 0 Å². The fourth-order valence-corrected chi connectivity index (χ4v) is 8.71. The highest BCUT2D eigenvalue weighted by Crippen LogP contribution is 2.28. The molecule has 0 bridgehead atoms. The van der Waals surface area contributed by atoms with E-state index in [4.69, 9.17) is 4.74 Å². The number of aryl methyl sites for hydroxylation is 1. The van der Waals surface area contributed by atoms with Crippen molar-refractivity contribution in [2.75, 3.05) is 58.9 Å². The van der Waals surface area contributed by atoms with Gasteiger partial charge in [0, 0.05) is 64.2 Å². The number of carbonyl (C=O) groups is 3. The molecule has 61 heavy (non-hydrogen) atoms. The number of aromatic nitrogens is 2. The number of benzene rings is 4. The summed E-state index contributed by atoms with van der Waals surface area (Å²) < 4.78 is 51.9. The van der Waals surface area contributed by atoms with E-state index >= 15 is 13.2 Å². The molecule has 5 aromatic rings. The monoisotopic (exact) mass is 834 g/mol. The van der Waals surface area contributed by atoms with E-state index in [1.54, 1.807) is 34.1 Å². The molecular weight excluding hydrogens is 786 g/mol. The summed E-state index contributed by atoms with van der Waals surface area (Å²) in [7, 11) is 0. The van der Waals surface area contributed by atoms with Crippen LogP contribution in [0.5, 0.6) is 0 Å². The lowest BCUT2D eigenvalue weighted by molar-refractivity contribution is -0.135. The first-order valence-electron chi connectivity index (χ1n) is 21.1. The van der Waals surface area contributed by atoms with Crippen LogP contribution in [0.3, 0.4) is 0 Å². The van der Waals surface area contributed by atoms with Crippen LogP contribution in [0.15, 0.2) is 83.7 Å². The number of piperidine rings is 2. The maximum absolute atomic E-state index is 15.2. The van der Waals surface area contributed by atoms with Crippen LogP contribution in [0.25, 0.3) is 21.9 Å². The molecule has 0 radical (unpaired) electrons. The zero-order chi connectivity index (χ0) is 42.6. The fraction of sp³-hybridized carbons (Fsp3) is 0.383. The third-order valence-corrected chi connectivity index (χ3v) is 12.3. The number of amides is 3. The van der Waals surface area contributed by atoms with E-state index in [0.29, 0.717) is 91.7 Å². The summed E-state index contributed by atoms with van der Waals surface area (Å²) in [6.07, 6.45) is 3.65. The number of nitrogens with zero attached hydrogens (tertiary/aromatic N) is 5. The molecule has 3 amide bonds. The van der Waals surface area contributed by atoms with E-state index in [2.05, 4.69) is 15.1 Å². The minimum absolute atomic E-state index is 0.00744. The van der Waals surface area contributed by atoms with Gasteiger partial charge in [0.25, 0.3) is 17.4 Å². The van der Waals surface area contributed by atoms with Crippen molar-refractivity contribution in [3.8, 4) is 11.1 Å². The number of rotatable bonds is 10. The number of aromatic amines is 1. The van der Waals surface area contributed by atoms with Gasteiger partial charge in [-0.15, -0.1) is 0 Å². The summed E-state index contributed by atoms with van der Waals surface area (Å²) in [5.41, 5.74) is 2.56. The second-order valence-electron chi connectivity index (χ2n) is 16.2. The van der Waals surface area contributed by atoms with Crippen LogP contribution in [-0.4, -0.2) is 119 Å². The van der Waals surface area contributed by atoms with Crippen molar-refractivity contribution in [2.24, 2.45) is 0 Å². The highest BCUT2D eigenvalue weighted by atomic mass is 19.1. The summed E-state index contributed by atoms with van der Waals surface area (Å²) in [6, 6.07) is 21.5. The molecule has 11 nitrogen and oxygen atoms in total. The highest BCUT2D eigenvalue weighted by molar-refractivity contribution is 5.96. The van der Waals surface area contributed by atoms with E-state index in [0.717, 1.165) is 24.8 Å². The molecule has 3 fully saturated rings. The molecular formula is C47H49F3N6O5. The normalized spacial score (nSPS) is 17.0. The average molecular weight is 835 g/mol. The molecule has 1 aromatic heterocycles. The van der Waals surface area contributed by atoms with Gasteiger partial charge in [-0.05, 0) is 84.7 Å². The average Bonchev–Trinajstić information content (AvgIpc) is 3.28. The molecule has 3 aliphatic heterocycles. The van der Waals surface area contributed by atoms with Gasteiger partial charge in [-0.25, -0.2) is 18.3 Å². The first-order valence-corrected chi connectivity index (χ1v) is 21.1. The van der Waals surface area contributed by atoms with Gasteiger partial charge >= 0.3 is 0 Å². The number of hydrogen-bond donors (Lipinski definition) is 1. The zero-order valence-corrected chi connectivity index (χ0v) is 34.2. The number of halogens is 3. The molecule has 0 unspecified atom stereocenters. The number of likely N-dealkylation sites (tertiary alicyclic amines) is 2. The lowest BCUT2D eigenvalue weighted by Crippen LogP contribution is -2.53. The summed E-state index contributed by atoms with van der Waals surface area (Å²) in [5.74, 6) is -3.48. The Kier molecular flexibility index (Phi) is 12.6. The Balaban J connectivity index is 0.764.